The molecular formula is C16H17F2NO2S. The van der Waals surface area contributed by atoms with Crippen LogP contribution < -0.4 is 4.72 Å². The highest BCUT2D eigenvalue weighted by molar-refractivity contribution is 7.92. The van der Waals surface area contributed by atoms with Crippen LogP contribution in [0.1, 0.15) is 31.7 Å². The molecule has 0 heterocycles. The third-order valence-electron chi connectivity index (χ3n) is 3.54. The van der Waals surface area contributed by atoms with E-state index in [1.807, 2.05) is 13.8 Å². The Morgan fingerprint density at radius 3 is 2.32 bits per heavy atom. The molecule has 0 amide bonds. The van der Waals surface area contributed by atoms with Gasteiger partial charge in [0.15, 0.2) is 0 Å². The van der Waals surface area contributed by atoms with E-state index in [-0.39, 0.29) is 4.90 Å². The van der Waals surface area contributed by atoms with E-state index in [9.17, 15) is 17.2 Å². The lowest BCUT2D eigenvalue weighted by Crippen LogP contribution is -2.14. The van der Waals surface area contributed by atoms with E-state index in [4.69, 9.17) is 0 Å². The Kier molecular flexibility index (Phi) is 4.81. The lowest BCUT2D eigenvalue weighted by Gasteiger charge is -2.12. The van der Waals surface area contributed by atoms with E-state index in [1.165, 1.54) is 12.1 Å². The summed E-state index contributed by atoms with van der Waals surface area (Å²) in [6.07, 6.45) is 0.943. The average molecular weight is 325 g/mol. The van der Waals surface area contributed by atoms with Crippen molar-refractivity contribution in [1.82, 2.24) is 0 Å². The van der Waals surface area contributed by atoms with E-state index in [0.29, 0.717) is 5.92 Å². The molecular weight excluding hydrogens is 308 g/mol. The van der Waals surface area contributed by atoms with Crippen LogP contribution in [0.25, 0.3) is 0 Å². The standard InChI is InChI=1S/C16H17F2NO2S/c1-3-11(2)12-4-7-14(8-5-12)22(20,21)19-16-10-13(17)6-9-15(16)18/h4-11,19H,3H2,1-2H3. The monoisotopic (exact) mass is 325 g/mol. The normalized spacial score (nSPS) is 12.9. The Labute approximate surface area is 129 Å². The predicted octanol–water partition coefficient (Wildman–Crippen LogP) is 4.28. The minimum absolute atomic E-state index is 0.00298. The fourth-order valence-electron chi connectivity index (χ4n) is 1.99. The minimum Gasteiger partial charge on any atom is -0.277 e. The molecule has 1 atom stereocenters. The second-order valence-corrected chi connectivity index (χ2v) is 6.79. The van der Waals surface area contributed by atoms with Gasteiger partial charge in [0.25, 0.3) is 10.0 Å². The second kappa shape index (κ2) is 6.44. The van der Waals surface area contributed by atoms with Crippen LogP contribution in [0.15, 0.2) is 47.4 Å². The number of benzene rings is 2. The third kappa shape index (κ3) is 3.62. The maximum atomic E-state index is 13.5. The van der Waals surface area contributed by atoms with Gasteiger partial charge in [-0.15, -0.1) is 0 Å². The highest BCUT2D eigenvalue weighted by atomic mass is 32.2. The Balaban J connectivity index is 2.28. The fraction of sp³-hybridized carbons (Fsp3) is 0.250. The Bertz CT molecular complexity index is 758. The van der Waals surface area contributed by atoms with Crippen LogP contribution in [0, 0.1) is 11.6 Å². The molecule has 0 aliphatic rings. The van der Waals surface area contributed by atoms with Gasteiger partial charge >= 0.3 is 0 Å². The molecule has 0 spiro atoms. The van der Waals surface area contributed by atoms with E-state index < -0.39 is 27.3 Å². The summed E-state index contributed by atoms with van der Waals surface area (Å²) in [6, 6.07) is 8.98. The number of anilines is 1. The van der Waals surface area contributed by atoms with Crippen LogP contribution in [-0.4, -0.2) is 8.42 Å². The molecule has 0 fully saturated rings. The molecule has 118 valence electrons. The smallest absolute Gasteiger partial charge is 0.261 e. The van der Waals surface area contributed by atoms with E-state index >= 15 is 0 Å². The molecule has 2 aromatic rings. The Hall–Kier alpha value is -1.95. The molecule has 0 bridgehead atoms. The SMILES string of the molecule is CCC(C)c1ccc(S(=O)(=O)Nc2cc(F)ccc2F)cc1. The van der Waals surface area contributed by atoms with Crippen LogP contribution in [0.2, 0.25) is 0 Å². The Morgan fingerprint density at radius 1 is 1.09 bits per heavy atom. The summed E-state index contributed by atoms with van der Waals surface area (Å²) in [7, 11) is -3.96. The van der Waals surface area contributed by atoms with Crippen molar-refractivity contribution in [2.45, 2.75) is 31.1 Å². The van der Waals surface area contributed by atoms with Crippen molar-refractivity contribution in [3.63, 3.8) is 0 Å². The zero-order valence-corrected chi connectivity index (χ0v) is 13.1. The van der Waals surface area contributed by atoms with Crippen LogP contribution in [0.5, 0.6) is 0 Å². The maximum absolute atomic E-state index is 13.5. The number of hydrogen-bond acceptors (Lipinski definition) is 2. The lowest BCUT2D eigenvalue weighted by molar-refractivity contribution is 0.594. The van der Waals surface area contributed by atoms with Gasteiger partial charge in [0.05, 0.1) is 10.6 Å². The van der Waals surface area contributed by atoms with Crippen LogP contribution >= 0.6 is 0 Å². The summed E-state index contributed by atoms with van der Waals surface area (Å²) in [6.45, 7) is 4.09. The molecule has 1 unspecified atom stereocenters. The zero-order valence-electron chi connectivity index (χ0n) is 12.3. The van der Waals surface area contributed by atoms with Gasteiger partial charge in [0, 0.05) is 6.07 Å². The van der Waals surface area contributed by atoms with Gasteiger partial charge < -0.3 is 0 Å². The summed E-state index contributed by atoms with van der Waals surface area (Å²) in [5.41, 5.74) is 0.615. The van der Waals surface area contributed by atoms with Crippen molar-refractivity contribution in [3.8, 4) is 0 Å². The molecule has 1 N–H and O–H groups in total. The molecule has 22 heavy (non-hydrogen) atoms. The van der Waals surface area contributed by atoms with Crippen molar-refractivity contribution >= 4 is 15.7 Å². The quantitative estimate of drug-likeness (QED) is 0.892. The summed E-state index contributed by atoms with van der Waals surface area (Å²) in [5, 5.41) is 0. The predicted molar refractivity (Wildman–Crippen MR) is 82.3 cm³/mol. The topological polar surface area (TPSA) is 46.2 Å². The lowest BCUT2D eigenvalue weighted by atomic mass is 9.99. The van der Waals surface area contributed by atoms with Crippen LogP contribution in [-0.2, 0) is 10.0 Å². The van der Waals surface area contributed by atoms with Gasteiger partial charge in [-0.2, -0.15) is 0 Å². The number of sulfonamides is 1. The number of halogens is 2. The molecule has 0 aliphatic carbocycles. The van der Waals surface area contributed by atoms with Crippen molar-refractivity contribution in [1.29, 1.82) is 0 Å². The molecule has 3 nitrogen and oxygen atoms in total. The van der Waals surface area contributed by atoms with Gasteiger partial charge in [-0.3, -0.25) is 4.72 Å². The first-order valence-electron chi connectivity index (χ1n) is 6.91. The van der Waals surface area contributed by atoms with Crippen molar-refractivity contribution < 1.29 is 17.2 Å². The number of nitrogens with one attached hydrogen (secondary N) is 1. The highest BCUT2D eigenvalue weighted by Crippen LogP contribution is 2.23. The minimum atomic E-state index is -3.96. The van der Waals surface area contributed by atoms with Crippen molar-refractivity contribution in [2.24, 2.45) is 0 Å². The summed E-state index contributed by atoms with van der Waals surface area (Å²) in [5.74, 6) is -1.22. The molecule has 0 aliphatic heterocycles. The third-order valence-corrected chi connectivity index (χ3v) is 4.93. The maximum Gasteiger partial charge on any atom is 0.261 e. The first-order chi connectivity index (χ1) is 10.3. The fourth-order valence-corrected chi connectivity index (χ4v) is 3.05. The molecule has 2 rings (SSSR count). The number of hydrogen-bond donors (Lipinski definition) is 1. The molecule has 6 heteroatoms. The van der Waals surface area contributed by atoms with Gasteiger partial charge in [0.1, 0.15) is 11.6 Å². The average Bonchev–Trinajstić information content (AvgIpc) is 2.50. The molecule has 0 radical (unpaired) electrons. The molecule has 0 saturated heterocycles. The van der Waals surface area contributed by atoms with E-state index in [2.05, 4.69) is 4.72 Å². The summed E-state index contributed by atoms with van der Waals surface area (Å²) < 4.78 is 53.1. The molecule has 0 aromatic heterocycles. The van der Waals surface area contributed by atoms with E-state index in [0.717, 1.165) is 30.2 Å². The van der Waals surface area contributed by atoms with Crippen molar-refractivity contribution in [3.05, 3.63) is 59.7 Å². The number of rotatable bonds is 5. The first-order valence-corrected chi connectivity index (χ1v) is 8.39. The van der Waals surface area contributed by atoms with Gasteiger partial charge in [-0.1, -0.05) is 26.0 Å². The molecule has 0 saturated carbocycles. The van der Waals surface area contributed by atoms with Gasteiger partial charge in [0.2, 0.25) is 0 Å². The van der Waals surface area contributed by atoms with Gasteiger partial charge in [-0.05, 0) is 42.2 Å². The summed E-state index contributed by atoms with van der Waals surface area (Å²) >= 11 is 0. The molecule has 2 aromatic carbocycles. The zero-order chi connectivity index (χ0) is 16.3. The van der Waals surface area contributed by atoms with E-state index in [1.54, 1.807) is 12.1 Å². The largest absolute Gasteiger partial charge is 0.277 e. The summed E-state index contributed by atoms with van der Waals surface area (Å²) in [4.78, 5) is 0.00298. The highest BCUT2D eigenvalue weighted by Gasteiger charge is 2.17. The van der Waals surface area contributed by atoms with Crippen LogP contribution in [0.3, 0.4) is 0 Å². The first kappa shape index (κ1) is 16.4. The van der Waals surface area contributed by atoms with Crippen LogP contribution in [0.4, 0.5) is 14.5 Å². The Morgan fingerprint density at radius 2 is 1.73 bits per heavy atom. The second-order valence-electron chi connectivity index (χ2n) is 5.11. The van der Waals surface area contributed by atoms with Gasteiger partial charge in [-0.25, -0.2) is 17.2 Å². The van der Waals surface area contributed by atoms with Crippen molar-refractivity contribution in [2.75, 3.05) is 4.72 Å².